The molecule has 2 aromatic heterocycles. The molecule has 0 unspecified atom stereocenters. The molecule has 32 heavy (non-hydrogen) atoms. The minimum absolute atomic E-state index is 0.101. The van der Waals surface area contributed by atoms with Gasteiger partial charge in [0, 0.05) is 17.1 Å². The average Bonchev–Trinajstić information content (AvgIpc) is 2.80. The number of methoxy groups -OCH3 is 1. The van der Waals surface area contributed by atoms with Gasteiger partial charge in [0.2, 0.25) is 11.2 Å². The van der Waals surface area contributed by atoms with E-state index in [0.717, 1.165) is 31.3 Å². The van der Waals surface area contributed by atoms with Gasteiger partial charge in [-0.2, -0.15) is 0 Å². The van der Waals surface area contributed by atoms with Gasteiger partial charge in [0.25, 0.3) is 5.56 Å². The first-order valence-electron chi connectivity index (χ1n) is 10.7. The number of nitrogens with zero attached hydrogens (tertiary/aromatic N) is 1. The minimum Gasteiger partial charge on any atom is -0.502 e. The van der Waals surface area contributed by atoms with E-state index in [1.807, 2.05) is 12.1 Å². The molecule has 0 aliphatic carbocycles. The van der Waals surface area contributed by atoms with Crippen molar-refractivity contribution in [3.05, 3.63) is 74.1 Å². The monoisotopic (exact) mass is 438 g/mol. The first-order valence-corrected chi connectivity index (χ1v) is 10.7. The lowest BCUT2D eigenvalue weighted by atomic mass is 9.92. The number of carbonyl (C=O) groups excluding carboxylic acids is 1. The van der Waals surface area contributed by atoms with Gasteiger partial charge in [-0.25, -0.2) is 0 Å². The number of benzene rings is 1. The van der Waals surface area contributed by atoms with Crippen LogP contribution in [-0.2, 0) is 16.1 Å². The fourth-order valence-electron chi connectivity index (χ4n) is 4.22. The molecular formula is C24H26N2O6. The Morgan fingerprint density at radius 1 is 1.19 bits per heavy atom. The third kappa shape index (κ3) is 4.60. The molecule has 1 fully saturated rings. The Kier molecular flexibility index (Phi) is 6.41. The van der Waals surface area contributed by atoms with Gasteiger partial charge in [-0.15, -0.1) is 0 Å². The molecule has 4 rings (SSSR count). The Labute approximate surface area is 184 Å². The zero-order chi connectivity index (χ0) is 22.7. The van der Waals surface area contributed by atoms with Crippen molar-refractivity contribution in [1.82, 2.24) is 9.88 Å². The van der Waals surface area contributed by atoms with Gasteiger partial charge in [0.05, 0.1) is 26.0 Å². The number of aromatic nitrogens is 1. The summed E-state index contributed by atoms with van der Waals surface area (Å²) in [5, 5.41) is 11.3. The van der Waals surface area contributed by atoms with Crippen LogP contribution in [0.2, 0.25) is 0 Å². The van der Waals surface area contributed by atoms with Gasteiger partial charge < -0.3 is 19.2 Å². The predicted octanol–water partition coefficient (Wildman–Crippen LogP) is 2.87. The number of pyridine rings is 1. The van der Waals surface area contributed by atoms with Crippen LogP contribution < -0.4 is 11.0 Å². The molecule has 2 N–H and O–H groups in total. The number of ether oxygens (including phenoxy) is 1. The highest BCUT2D eigenvalue weighted by Crippen LogP contribution is 2.33. The van der Waals surface area contributed by atoms with E-state index in [1.165, 1.54) is 19.6 Å². The Hall–Kier alpha value is -3.39. The number of esters is 1. The molecule has 1 aliphatic heterocycles. The number of aromatic hydroxyl groups is 1. The van der Waals surface area contributed by atoms with Gasteiger partial charge in [-0.05, 0) is 43.5 Å². The average molecular weight is 438 g/mol. The Bertz CT molecular complexity index is 1240. The van der Waals surface area contributed by atoms with Gasteiger partial charge in [0.1, 0.15) is 5.76 Å². The molecule has 0 bridgehead atoms. The number of nitrogens with one attached hydrogen (secondary N) is 1. The summed E-state index contributed by atoms with van der Waals surface area (Å²) in [6.07, 6.45) is 3.06. The van der Waals surface area contributed by atoms with Crippen LogP contribution in [0.5, 0.6) is 5.75 Å². The van der Waals surface area contributed by atoms with Gasteiger partial charge in [-0.3, -0.25) is 19.3 Å². The van der Waals surface area contributed by atoms with Crippen molar-refractivity contribution in [3.63, 3.8) is 0 Å². The van der Waals surface area contributed by atoms with Crippen molar-refractivity contribution >= 4 is 16.9 Å². The summed E-state index contributed by atoms with van der Waals surface area (Å²) in [5.74, 6) is -1.89. The van der Waals surface area contributed by atoms with E-state index in [2.05, 4.69) is 9.88 Å². The summed E-state index contributed by atoms with van der Waals surface area (Å²) in [7, 11) is 1.24. The van der Waals surface area contributed by atoms with Crippen LogP contribution in [0.4, 0.5) is 0 Å². The van der Waals surface area contributed by atoms with E-state index in [9.17, 15) is 19.5 Å². The summed E-state index contributed by atoms with van der Waals surface area (Å²) in [5.41, 5.74) is -0.184. The van der Waals surface area contributed by atoms with Crippen LogP contribution in [0, 0.1) is 0 Å². The third-order valence-electron chi connectivity index (χ3n) is 5.90. The summed E-state index contributed by atoms with van der Waals surface area (Å²) < 4.78 is 10.8. The molecule has 8 heteroatoms. The first-order chi connectivity index (χ1) is 15.5. The minimum atomic E-state index is -0.982. The maximum Gasteiger partial charge on any atom is 0.306 e. The lowest BCUT2D eigenvalue weighted by Crippen LogP contribution is -2.29. The topological polar surface area (TPSA) is 113 Å². The number of hydrogen-bond acceptors (Lipinski definition) is 7. The van der Waals surface area contributed by atoms with Crippen LogP contribution >= 0.6 is 0 Å². The highest BCUT2D eigenvalue weighted by atomic mass is 16.5. The number of H-pyrrole nitrogens is 1. The number of fused-ring (bicyclic) bond motifs is 1. The third-order valence-corrected chi connectivity index (χ3v) is 5.90. The van der Waals surface area contributed by atoms with Crippen LogP contribution in [0.1, 0.15) is 48.7 Å². The molecule has 3 heterocycles. The van der Waals surface area contributed by atoms with E-state index in [4.69, 9.17) is 9.15 Å². The number of hydrogen-bond donors (Lipinski definition) is 2. The second-order valence-electron chi connectivity index (χ2n) is 8.10. The van der Waals surface area contributed by atoms with Crippen molar-refractivity contribution < 1.29 is 19.1 Å². The molecule has 1 saturated heterocycles. The summed E-state index contributed by atoms with van der Waals surface area (Å²) >= 11 is 0. The molecule has 168 valence electrons. The zero-order valence-electron chi connectivity index (χ0n) is 17.9. The first kappa shape index (κ1) is 21.8. The van der Waals surface area contributed by atoms with Crippen LogP contribution in [0.15, 0.2) is 50.4 Å². The van der Waals surface area contributed by atoms with E-state index >= 15 is 0 Å². The maximum absolute atomic E-state index is 12.9. The molecule has 0 amide bonds. The lowest BCUT2D eigenvalue weighted by Gasteiger charge is -2.26. The van der Waals surface area contributed by atoms with Gasteiger partial charge >= 0.3 is 5.97 Å². The molecule has 1 aliphatic rings. The van der Waals surface area contributed by atoms with Crippen LogP contribution in [-0.4, -0.2) is 41.2 Å². The second kappa shape index (κ2) is 9.40. The van der Waals surface area contributed by atoms with E-state index in [1.54, 1.807) is 18.2 Å². The van der Waals surface area contributed by atoms with Crippen molar-refractivity contribution in [1.29, 1.82) is 0 Å². The molecule has 1 atom stereocenters. The molecular weight excluding hydrogens is 412 g/mol. The predicted molar refractivity (Wildman–Crippen MR) is 119 cm³/mol. The fraction of sp³-hybridized carbons (Fsp3) is 0.375. The van der Waals surface area contributed by atoms with Gasteiger partial charge in [0.15, 0.2) is 5.76 Å². The van der Waals surface area contributed by atoms with E-state index in [0.29, 0.717) is 17.8 Å². The molecule has 0 spiro atoms. The Morgan fingerprint density at radius 2 is 1.94 bits per heavy atom. The quantitative estimate of drug-likeness (QED) is 0.569. The second-order valence-corrected chi connectivity index (χ2v) is 8.10. The number of piperidine rings is 1. The van der Waals surface area contributed by atoms with Crippen molar-refractivity contribution in [2.75, 3.05) is 20.2 Å². The smallest absolute Gasteiger partial charge is 0.306 e. The van der Waals surface area contributed by atoms with Crippen molar-refractivity contribution in [2.24, 2.45) is 0 Å². The lowest BCUT2D eigenvalue weighted by molar-refractivity contribution is -0.140. The summed E-state index contributed by atoms with van der Waals surface area (Å²) in [4.78, 5) is 42.6. The molecule has 0 saturated carbocycles. The number of para-hydroxylation sites is 1. The Balaban J connectivity index is 1.81. The Morgan fingerprint density at radius 3 is 2.69 bits per heavy atom. The van der Waals surface area contributed by atoms with Crippen LogP contribution in [0.3, 0.4) is 0 Å². The number of aromatic amines is 1. The summed E-state index contributed by atoms with van der Waals surface area (Å²) in [6.45, 7) is 2.22. The highest BCUT2D eigenvalue weighted by Gasteiger charge is 2.29. The number of rotatable bonds is 6. The summed E-state index contributed by atoms with van der Waals surface area (Å²) in [6, 6.07) is 10.2. The SMILES string of the molecule is COC(=O)C[C@H](c1oc(CN2CCCCC2)cc(=O)c1O)c1cc2ccccc2[nH]c1=O. The fourth-order valence-corrected chi connectivity index (χ4v) is 4.22. The van der Waals surface area contributed by atoms with Crippen molar-refractivity contribution in [3.8, 4) is 5.75 Å². The standard InChI is InChI=1S/C24H26N2O6/c1-31-21(28)13-17(18-11-15-7-3-4-8-19(15)25-24(18)30)23-22(29)20(27)12-16(32-23)14-26-9-5-2-6-10-26/h3-4,7-8,11-12,17,29H,2,5-6,9-10,13-14H2,1H3,(H,25,30)/t17-/m0/s1. The maximum atomic E-state index is 12.9. The number of likely N-dealkylation sites (tertiary alicyclic amines) is 1. The van der Waals surface area contributed by atoms with Gasteiger partial charge in [-0.1, -0.05) is 24.6 Å². The number of carbonyl (C=O) groups is 1. The molecule has 3 aromatic rings. The molecule has 1 aromatic carbocycles. The van der Waals surface area contributed by atoms with Crippen LogP contribution in [0.25, 0.3) is 10.9 Å². The molecule has 8 nitrogen and oxygen atoms in total. The zero-order valence-corrected chi connectivity index (χ0v) is 17.9. The highest BCUT2D eigenvalue weighted by molar-refractivity contribution is 5.79. The largest absolute Gasteiger partial charge is 0.502 e. The van der Waals surface area contributed by atoms with E-state index in [-0.39, 0.29) is 17.7 Å². The normalized spacial score (nSPS) is 15.5. The molecule has 0 radical (unpaired) electrons. The van der Waals surface area contributed by atoms with E-state index < -0.39 is 28.6 Å². The van der Waals surface area contributed by atoms with Crippen molar-refractivity contribution in [2.45, 2.75) is 38.1 Å².